The molecule has 0 aliphatic heterocycles. The number of hydrazone groups is 1. The van der Waals surface area contributed by atoms with Gasteiger partial charge >= 0.3 is 0 Å². The van der Waals surface area contributed by atoms with Gasteiger partial charge in [-0.3, -0.25) is 4.79 Å². The molecular weight excluding hydrogens is 366 g/mol. The van der Waals surface area contributed by atoms with Crippen molar-refractivity contribution in [1.82, 2.24) is 5.43 Å². The molecule has 0 bridgehead atoms. The van der Waals surface area contributed by atoms with Gasteiger partial charge in [-0.05, 0) is 37.3 Å². The van der Waals surface area contributed by atoms with Crippen LogP contribution in [-0.2, 0) is 10.0 Å². The molecule has 0 aromatic heterocycles. The molecule has 2 aromatic carbocycles. The number of hydrogen-bond donors (Lipinski definition) is 2. The predicted octanol–water partition coefficient (Wildman–Crippen LogP) is 2.15. The number of carbonyl (C=O) groups excluding carboxylic acids is 1. The van der Waals surface area contributed by atoms with Crippen molar-refractivity contribution in [3.8, 4) is 5.75 Å². The number of ether oxygens (including phenoxy) is 1. The molecule has 0 atom stereocenters. The summed E-state index contributed by atoms with van der Waals surface area (Å²) < 4.78 is 28.1. The zero-order chi connectivity index (χ0) is 18.6. The highest BCUT2D eigenvalue weighted by Crippen LogP contribution is 2.21. The Morgan fingerprint density at radius 3 is 2.56 bits per heavy atom. The molecule has 3 N–H and O–H groups in total. The van der Waals surface area contributed by atoms with Crippen LogP contribution in [0.15, 0.2) is 52.5 Å². The second-order valence-electron chi connectivity index (χ2n) is 5.06. The van der Waals surface area contributed by atoms with E-state index in [0.29, 0.717) is 11.5 Å². The number of amides is 1. The lowest BCUT2D eigenvalue weighted by Gasteiger charge is -2.07. The fourth-order valence-corrected chi connectivity index (χ4v) is 3.05. The number of methoxy groups -OCH3 is 1. The number of rotatable bonds is 5. The van der Waals surface area contributed by atoms with Gasteiger partial charge in [-0.2, -0.15) is 5.10 Å². The third-order valence-corrected chi connectivity index (χ3v) is 4.71. The maximum Gasteiger partial charge on any atom is 0.271 e. The molecule has 0 saturated heterocycles. The summed E-state index contributed by atoms with van der Waals surface area (Å²) in [6.07, 6.45) is 0. The first kappa shape index (κ1) is 18.9. The van der Waals surface area contributed by atoms with Crippen LogP contribution in [0.25, 0.3) is 0 Å². The van der Waals surface area contributed by atoms with Crippen LogP contribution in [0.3, 0.4) is 0 Å². The number of nitrogens with one attached hydrogen (secondary N) is 1. The van der Waals surface area contributed by atoms with Gasteiger partial charge < -0.3 is 4.74 Å². The van der Waals surface area contributed by atoms with Crippen molar-refractivity contribution in [3.05, 3.63) is 58.6 Å². The zero-order valence-corrected chi connectivity index (χ0v) is 15.1. The summed E-state index contributed by atoms with van der Waals surface area (Å²) >= 11 is 5.79. The Bertz CT molecular complexity index is 942. The number of nitrogens with two attached hydrogens (primary N) is 1. The molecule has 0 saturated carbocycles. The Kier molecular flexibility index (Phi) is 5.78. The lowest BCUT2D eigenvalue weighted by Crippen LogP contribution is -2.20. The van der Waals surface area contributed by atoms with Gasteiger partial charge in [0, 0.05) is 11.1 Å². The van der Waals surface area contributed by atoms with Gasteiger partial charge in [0.1, 0.15) is 10.6 Å². The molecule has 2 aromatic rings. The number of primary sulfonamides is 1. The summed E-state index contributed by atoms with van der Waals surface area (Å²) in [4.78, 5) is 11.8. The van der Waals surface area contributed by atoms with E-state index in [0.717, 1.165) is 11.6 Å². The number of carbonyl (C=O) groups is 1. The maximum absolute atomic E-state index is 12.2. The Morgan fingerprint density at radius 1 is 1.20 bits per heavy atom. The van der Waals surface area contributed by atoms with Crippen LogP contribution in [0.4, 0.5) is 0 Å². The molecule has 0 unspecified atom stereocenters. The van der Waals surface area contributed by atoms with E-state index in [1.165, 1.54) is 12.1 Å². The minimum Gasteiger partial charge on any atom is -0.497 e. The first-order valence-electron chi connectivity index (χ1n) is 7.04. The Labute approximate surface area is 150 Å². The number of sulfonamides is 1. The monoisotopic (exact) mass is 381 g/mol. The van der Waals surface area contributed by atoms with Crippen LogP contribution in [0, 0.1) is 0 Å². The van der Waals surface area contributed by atoms with Crippen molar-refractivity contribution in [1.29, 1.82) is 0 Å². The summed E-state index contributed by atoms with van der Waals surface area (Å²) in [6, 6.07) is 10.9. The number of nitrogens with zero attached hydrogens (tertiary/aromatic N) is 1. The smallest absolute Gasteiger partial charge is 0.271 e. The highest BCUT2D eigenvalue weighted by molar-refractivity contribution is 7.89. The summed E-state index contributed by atoms with van der Waals surface area (Å²) in [7, 11) is -2.48. The molecule has 25 heavy (non-hydrogen) atoms. The quantitative estimate of drug-likeness (QED) is 0.610. The highest BCUT2D eigenvalue weighted by Gasteiger charge is 2.16. The van der Waals surface area contributed by atoms with Gasteiger partial charge in [-0.1, -0.05) is 23.7 Å². The average Bonchev–Trinajstić information content (AvgIpc) is 2.58. The van der Waals surface area contributed by atoms with E-state index in [4.69, 9.17) is 21.5 Å². The minimum atomic E-state index is -4.03. The standard InChI is InChI=1S/C16H16ClN3O4S/c1-10(11-4-3-5-13(8-11)24-2)19-20-16(21)12-6-7-14(17)15(9-12)25(18,22)23/h3-9H,1-2H3,(H,20,21)(H2,18,22,23)/b19-10-. The lowest BCUT2D eigenvalue weighted by molar-refractivity contribution is 0.0954. The molecule has 0 spiro atoms. The first-order valence-corrected chi connectivity index (χ1v) is 8.96. The van der Waals surface area contributed by atoms with E-state index in [9.17, 15) is 13.2 Å². The Balaban J connectivity index is 2.22. The van der Waals surface area contributed by atoms with Crippen LogP contribution in [0.5, 0.6) is 5.75 Å². The molecule has 2 rings (SSSR count). The van der Waals surface area contributed by atoms with Gasteiger partial charge in [0.15, 0.2) is 0 Å². The molecule has 0 fully saturated rings. The summed E-state index contributed by atoms with van der Waals surface area (Å²) in [5.74, 6) is 0.0673. The third-order valence-electron chi connectivity index (χ3n) is 3.31. The van der Waals surface area contributed by atoms with Gasteiger partial charge in [-0.25, -0.2) is 19.0 Å². The van der Waals surface area contributed by atoms with Crippen molar-refractivity contribution in [2.45, 2.75) is 11.8 Å². The van der Waals surface area contributed by atoms with E-state index < -0.39 is 15.9 Å². The SMILES string of the molecule is COc1cccc(/C(C)=N\NC(=O)c2ccc(Cl)c(S(N)(=O)=O)c2)c1. The molecule has 0 heterocycles. The molecule has 7 nitrogen and oxygen atoms in total. The molecule has 132 valence electrons. The predicted molar refractivity (Wildman–Crippen MR) is 95.5 cm³/mol. The first-order chi connectivity index (χ1) is 11.7. The molecule has 0 aliphatic carbocycles. The summed E-state index contributed by atoms with van der Waals surface area (Å²) in [5.41, 5.74) is 3.74. The molecule has 0 radical (unpaired) electrons. The van der Waals surface area contributed by atoms with Crippen LogP contribution in [-0.4, -0.2) is 27.1 Å². The largest absolute Gasteiger partial charge is 0.497 e. The van der Waals surface area contributed by atoms with E-state index in [1.807, 2.05) is 6.07 Å². The van der Waals surface area contributed by atoms with Gasteiger partial charge in [0.25, 0.3) is 5.91 Å². The van der Waals surface area contributed by atoms with Crippen molar-refractivity contribution < 1.29 is 17.9 Å². The van der Waals surface area contributed by atoms with Crippen LogP contribution < -0.4 is 15.3 Å². The fraction of sp³-hybridized carbons (Fsp3) is 0.125. The van der Waals surface area contributed by atoms with Gasteiger partial charge in [0.2, 0.25) is 10.0 Å². The number of hydrogen-bond acceptors (Lipinski definition) is 5. The molecule has 0 aliphatic rings. The second-order valence-corrected chi connectivity index (χ2v) is 7.00. The lowest BCUT2D eigenvalue weighted by atomic mass is 10.1. The third kappa shape index (κ3) is 4.79. The van der Waals surface area contributed by atoms with Crippen molar-refractivity contribution in [2.75, 3.05) is 7.11 Å². The van der Waals surface area contributed by atoms with Crippen molar-refractivity contribution in [3.63, 3.8) is 0 Å². The average molecular weight is 382 g/mol. The number of halogens is 1. The maximum atomic E-state index is 12.2. The van der Waals surface area contributed by atoms with E-state index in [2.05, 4.69) is 10.5 Å². The fourth-order valence-electron chi connectivity index (χ4n) is 1.97. The normalized spacial score (nSPS) is 11.9. The van der Waals surface area contributed by atoms with E-state index in [-0.39, 0.29) is 15.5 Å². The summed E-state index contributed by atoms with van der Waals surface area (Å²) in [5, 5.41) is 9.02. The van der Waals surface area contributed by atoms with Crippen molar-refractivity contribution in [2.24, 2.45) is 10.2 Å². The summed E-state index contributed by atoms with van der Waals surface area (Å²) in [6.45, 7) is 1.71. The topological polar surface area (TPSA) is 111 Å². The minimum absolute atomic E-state index is 0.0601. The molecule has 1 amide bonds. The number of benzene rings is 2. The van der Waals surface area contributed by atoms with E-state index in [1.54, 1.807) is 32.2 Å². The van der Waals surface area contributed by atoms with Crippen LogP contribution in [0.1, 0.15) is 22.8 Å². The molecular formula is C16H16ClN3O4S. The Hall–Kier alpha value is -2.42. The highest BCUT2D eigenvalue weighted by atomic mass is 35.5. The second kappa shape index (κ2) is 7.64. The van der Waals surface area contributed by atoms with E-state index >= 15 is 0 Å². The van der Waals surface area contributed by atoms with Crippen LogP contribution in [0.2, 0.25) is 5.02 Å². The van der Waals surface area contributed by atoms with Crippen molar-refractivity contribution >= 4 is 33.2 Å². The van der Waals surface area contributed by atoms with Gasteiger partial charge in [0.05, 0.1) is 17.8 Å². The zero-order valence-electron chi connectivity index (χ0n) is 13.5. The Morgan fingerprint density at radius 2 is 1.92 bits per heavy atom. The van der Waals surface area contributed by atoms with Gasteiger partial charge in [-0.15, -0.1) is 0 Å². The van der Waals surface area contributed by atoms with Crippen LogP contribution >= 0.6 is 11.6 Å². The molecule has 9 heteroatoms.